The highest BCUT2D eigenvalue weighted by Gasteiger charge is 2.46. The molecule has 0 saturated carbocycles. The Morgan fingerprint density at radius 2 is 0.656 bits per heavy atom. The van der Waals surface area contributed by atoms with Gasteiger partial charge in [0.15, 0.2) is 0 Å². The number of anilines is 2. The van der Waals surface area contributed by atoms with Crippen molar-refractivity contribution in [1.29, 1.82) is 0 Å². The van der Waals surface area contributed by atoms with Crippen LogP contribution in [-0.4, -0.2) is 23.6 Å². The molecule has 1 aliphatic carbocycles. The van der Waals surface area contributed by atoms with E-state index in [1.54, 1.807) is 84.9 Å². The standard InChI is InChI=1S/C53H32N2O6/c56-49-43-29-27-39(31-45(43)51(58)54(49)35-11-3-1-4-12-35)60-37-23-19-33(20-24-37)53(47-17-9-7-15-41(47)42-16-8-10-18-48(42)53)34-21-25-38(26-22-34)61-40-28-30-44-46(32-40)52(59)55(50(44)57)36-13-5-2-6-14-36/h1-32H. The summed E-state index contributed by atoms with van der Waals surface area (Å²) in [5, 5.41) is 0. The molecule has 0 bridgehead atoms. The molecular weight excluding hydrogens is 761 g/mol. The maximum Gasteiger partial charge on any atom is 0.266 e. The third-order valence-electron chi connectivity index (χ3n) is 11.7. The van der Waals surface area contributed by atoms with Crippen molar-refractivity contribution >= 4 is 35.0 Å². The average molecular weight is 793 g/mol. The second-order valence-corrected chi connectivity index (χ2v) is 15.1. The molecule has 290 valence electrons. The lowest BCUT2D eigenvalue weighted by Crippen LogP contribution is -2.29. The number of hydrogen-bond acceptors (Lipinski definition) is 6. The molecule has 3 aliphatic rings. The minimum Gasteiger partial charge on any atom is -0.457 e. The first-order valence-corrected chi connectivity index (χ1v) is 19.8. The summed E-state index contributed by atoms with van der Waals surface area (Å²) in [6, 6.07) is 60.6. The molecule has 8 heteroatoms. The zero-order valence-corrected chi connectivity index (χ0v) is 32.3. The van der Waals surface area contributed by atoms with Crippen LogP contribution < -0.4 is 19.3 Å². The summed E-state index contributed by atoms with van der Waals surface area (Å²) >= 11 is 0. The number of carbonyl (C=O) groups excluding carboxylic acids is 4. The molecule has 11 rings (SSSR count). The second-order valence-electron chi connectivity index (χ2n) is 15.1. The Bertz CT molecular complexity index is 2900. The first kappa shape index (κ1) is 35.8. The van der Waals surface area contributed by atoms with Crippen molar-refractivity contribution in [2.45, 2.75) is 5.41 Å². The van der Waals surface area contributed by atoms with E-state index in [1.165, 1.54) is 9.80 Å². The van der Waals surface area contributed by atoms with Crippen LogP contribution >= 0.6 is 0 Å². The summed E-state index contributed by atoms with van der Waals surface area (Å²) in [6.07, 6.45) is 0. The van der Waals surface area contributed by atoms with E-state index in [-0.39, 0.29) is 11.8 Å². The monoisotopic (exact) mass is 792 g/mol. The number of fused-ring (bicyclic) bond motifs is 5. The van der Waals surface area contributed by atoms with Gasteiger partial charge in [-0.25, -0.2) is 9.80 Å². The van der Waals surface area contributed by atoms with Gasteiger partial charge in [0.05, 0.1) is 39.0 Å². The maximum atomic E-state index is 13.4. The van der Waals surface area contributed by atoms with Crippen LogP contribution in [0.1, 0.15) is 63.7 Å². The lowest BCUT2D eigenvalue weighted by Gasteiger charge is -2.34. The normalized spacial score (nSPS) is 14.4. The molecule has 8 nitrogen and oxygen atoms in total. The smallest absolute Gasteiger partial charge is 0.266 e. The Balaban J connectivity index is 0.913. The first-order chi connectivity index (χ1) is 29.9. The molecule has 0 atom stereocenters. The number of rotatable bonds is 8. The first-order valence-electron chi connectivity index (χ1n) is 19.8. The Morgan fingerprint density at radius 3 is 1.07 bits per heavy atom. The highest BCUT2D eigenvalue weighted by molar-refractivity contribution is 6.35. The Hall–Kier alpha value is -8.36. The van der Waals surface area contributed by atoms with Crippen LogP contribution in [-0.2, 0) is 5.41 Å². The topological polar surface area (TPSA) is 93.2 Å². The number of carbonyl (C=O) groups is 4. The molecule has 0 N–H and O–H groups in total. The van der Waals surface area contributed by atoms with Crippen LogP contribution in [0.2, 0.25) is 0 Å². The maximum absolute atomic E-state index is 13.4. The molecule has 0 spiro atoms. The average Bonchev–Trinajstić information content (AvgIpc) is 3.85. The van der Waals surface area contributed by atoms with Gasteiger partial charge < -0.3 is 9.47 Å². The van der Waals surface area contributed by atoms with E-state index in [4.69, 9.17) is 9.47 Å². The molecule has 2 aliphatic heterocycles. The fourth-order valence-electron chi connectivity index (χ4n) is 9.03. The van der Waals surface area contributed by atoms with Gasteiger partial charge in [-0.05, 0) is 118 Å². The van der Waals surface area contributed by atoms with Crippen LogP contribution in [0.15, 0.2) is 194 Å². The summed E-state index contributed by atoms with van der Waals surface area (Å²) in [4.78, 5) is 55.6. The number of hydrogen-bond donors (Lipinski definition) is 0. The van der Waals surface area contributed by atoms with Crippen LogP contribution in [0.4, 0.5) is 11.4 Å². The molecule has 8 aromatic rings. The summed E-state index contributed by atoms with van der Waals surface area (Å²) in [7, 11) is 0. The minimum atomic E-state index is -0.702. The number of imide groups is 2. The highest BCUT2D eigenvalue weighted by atomic mass is 16.5. The van der Waals surface area contributed by atoms with Gasteiger partial charge in [0.2, 0.25) is 0 Å². The van der Waals surface area contributed by atoms with E-state index in [2.05, 4.69) is 72.8 Å². The lowest BCUT2D eigenvalue weighted by molar-refractivity contribution is 0.0910. The van der Waals surface area contributed by atoms with Crippen molar-refractivity contribution in [2.24, 2.45) is 0 Å². The van der Waals surface area contributed by atoms with Crippen LogP contribution in [0.3, 0.4) is 0 Å². The molecule has 0 saturated heterocycles. The summed E-state index contributed by atoms with van der Waals surface area (Å²) < 4.78 is 12.6. The molecule has 0 radical (unpaired) electrons. The van der Waals surface area contributed by atoms with Crippen molar-refractivity contribution in [3.8, 4) is 34.1 Å². The number of para-hydroxylation sites is 2. The molecule has 61 heavy (non-hydrogen) atoms. The van der Waals surface area contributed by atoms with Gasteiger partial charge in [-0.2, -0.15) is 0 Å². The summed E-state index contributed by atoms with van der Waals surface area (Å²) in [6.45, 7) is 0. The van der Waals surface area contributed by atoms with E-state index < -0.39 is 17.2 Å². The van der Waals surface area contributed by atoms with Crippen LogP contribution in [0, 0.1) is 0 Å². The van der Waals surface area contributed by atoms with E-state index in [1.807, 2.05) is 36.4 Å². The van der Waals surface area contributed by atoms with E-state index in [0.717, 1.165) is 33.4 Å². The summed E-state index contributed by atoms with van der Waals surface area (Å²) in [5.74, 6) is 0.514. The van der Waals surface area contributed by atoms with Gasteiger partial charge in [-0.3, -0.25) is 19.2 Å². The number of amides is 4. The molecule has 2 heterocycles. The van der Waals surface area contributed by atoms with Gasteiger partial charge >= 0.3 is 0 Å². The zero-order valence-electron chi connectivity index (χ0n) is 32.3. The number of nitrogens with zero attached hydrogens (tertiary/aromatic N) is 2. The van der Waals surface area contributed by atoms with Crippen molar-refractivity contribution in [3.63, 3.8) is 0 Å². The lowest BCUT2D eigenvalue weighted by atomic mass is 9.68. The van der Waals surface area contributed by atoms with Crippen molar-refractivity contribution in [3.05, 3.63) is 239 Å². The Kier molecular flexibility index (Phi) is 8.15. The largest absolute Gasteiger partial charge is 0.457 e. The number of benzene rings is 8. The Labute approximate surface area is 350 Å². The fourth-order valence-corrected chi connectivity index (χ4v) is 9.03. The van der Waals surface area contributed by atoms with Gasteiger partial charge in [0, 0.05) is 0 Å². The number of ether oxygens (including phenoxy) is 2. The molecule has 0 fully saturated rings. The molecule has 0 aromatic heterocycles. The second kappa shape index (κ2) is 13.9. The molecule has 8 aromatic carbocycles. The van der Waals surface area contributed by atoms with Gasteiger partial charge in [0.25, 0.3) is 23.6 Å². The van der Waals surface area contributed by atoms with Gasteiger partial charge in [0.1, 0.15) is 23.0 Å². The van der Waals surface area contributed by atoms with Crippen molar-refractivity contribution in [2.75, 3.05) is 9.80 Å². The fraction of sp³-hybridized carbons (Fsp3) is 0.0189. The minimum absolute atomic E-state index is 0.294. The quantitative estimate of drug-likeness (QED) is 0.142. The van der Waals surface area contributed by atoms with Gasteiger partial charge in [-0.15, -0.1) is 0 Å². The third kappa shape index (κ3) is 5.53. The van der Waals surface area contributed by atoms with E-state index in [0.29, 0.717) is 56.6 Å². The van der Waals surface area contributed by atoms with Crippen molar-refractivity contribution in [1.82, 2.24) is 0 Å². The summed E-state index contributed by atoms with van der Waals surface area (Å²) in [5.41, 5.74) is 8.18. The Morgan fingerprint density at radius 1 is 0.311 bits per heavy atom. The zero-order chi connectivity index (χ0) is 41.2. The SMILES string of the molecule is O=C1c2ccc(Oc3ccc(C4(c5ccc(Oc6ccc7c(c6)C(=O)N(c6ccccc6)C7=O)cc5)c5ccccc5-c5ccccc54)cc3)cc2C(=O)N1c1ccccc1. The highest BCUT2D eigenvalue weighted by Crippen LogP contribution is 2.56. The van der Waals surface area contributed by atoms with E-state index >= 15 is 0 Å². The van der Waals surface area contributed by atoms with Crippen molar-refractivity contribution < 1.29 is 28.7 Å². The third-order valence-corrected chi connectivity index (χ3v) is 11.7. The van der Waals surface area contributed by atoms with Crippen LogP contribution in [0.25, 0.3) is 11.1 Å². The molecular formula is C53H32N2O6. The molecule has 0 unspecified atom stereocenters. The van der Waals surface area contributed by atoms with Gasteiger partial charge in [-0.1, -0.05) is 109 Å². The predicted octanol–water partition coefficient (Wildman–Crippen LogP) is 11.2. The predicted molar refractivity (Wildman–Crippen MR) is 232 cm³/mol. The van der Waals surface area contributed by atoms with E-state index in [9.17, 15) is 19.2 Å². The molecule has 4 amide bonds. The van der Waals surface area contributed by atoms with Crippen LogP contribution in [0.5, 0.6) is 23.0 Å².